The minimum atomic E-state index is -0.283. The van der Waals surface area contributed by atoms with Crippen LogP contribution in [0.5, 0.6) is 0 Å². The van der Waals surface area contributed by atoms with E-state index < -0.39 is 0 Å². The van der Waals surface area contributed by atoms with Crippen LogP contribution in [-0.4, -0.2) is 36.3 Å². The molecule has 1 aliphatic heterocycles. The molecular weight excluding hydrogens is 320 g/mol. The second-order valence-corrected chi connectivity index (χ2v) is 6.19. The number of amides is 1. The zero-order chi connectivity index (χ0) is 17.6. The van der Waals surface area contributed by atoms with E-state index in [1.165, 1.54) is 6.07 Å². The number of hydrogen-bond acceptors (Lipinski definition) is 4. The molecule has 0 bridgehead atoms. The summed E-state index contributed by atoms with van der Waals surface area (Å²) < 4.78 is 11.5. The molecule has 2 N–H and O–H groups in total. The summed E-state index contributed by atoms with van der Waals surface area (Å²) in [5, 5.41) is 2.98. The van der Waals surface area contributed by atoms with E-state index >= 15 is 0 Å². The second-order valence-electron chi connectivity index (χ2n) is 6.19. The number of carbonyl (C=O) groups excluding carboxylic acids is 1. The standard InChI is InChI=1S/C19H22N2O4/c1-13-9-15(10-18(22)20-13)19(23)21-16-7-8-24-12-17(16)25-11-14-5-3-2-4-6-14/h2-6,9-10,16-17H,7-8,11-12H2,1H3,(H,20,22)(H,21,23)/t16-,17-/m1/s1. The summed E-state index contributed by atoms with van der Waals surface area (Å²) in [6.45, 7) is 3.22. The van der Waals surface area contributed by atoms with Crippen LogP contribution >= 0.6 is 0 Å². The van der Waals surface area contributed by atoms with Crippen LogP contribution in [0.2, 0.25) is 0 Å². The summed E-state index contributed by atoms with van der Waals surface area (Å²) in [5.41, 5.74) is 1.80. The molecule has 132 valence electrons. The Morgan fingerprint density at radius 3 is 2.88 bits per heavy atom. The van der Waals surface area contributed by atoms with Gasteiger partial charge in [0.25, 0.3) is 5.91 Å². The third-order valence-electron chi connectivity index (χ3n) is 4.17. The number of carbonyl (C=O) groups is 1. The van der Waals surface area contributed by atoms with Crippen LogP contribution in [0.25, 0.3) is 0 Å². The van der Waals surface area contributed by atoms with E-state index in [9.17, 15) is 9.59 Å². The van der Waals surface area contributed by atoms with Gasteiger partial charge in [0, 0.05) is 23.9 Å². The van der Waals surface area contributed by atoms with E-state index in [0.717, 1.165) is 5.56 Å². The highest BCUT2D eigenvalue weighted by Gasteiger charge is 2.28. The third kappa shape index (κ3) is 4.78. The van der Waals surface area contributed by atoms with Gasteiger partial charge < -0.3 is 19.8 Å². The number of nitrogens with one attached hydrogen (secondary N) is 2. The Hall–Kier alpha value is -2.44. The van der Waals surface area contributed by atoms with Crippen molar-refractivity contribution < 1.29 is 14.3 Å². The van der Waals surface area contributed by atoms with Crippen LogP contribution in [0.4, 0.5) is 0 Å². The fourth-order valence-electron chi connectivity index (χ4n) is 2.88. The normalized spacial score (nSPS) is 20.2. The van der Waals surface area contributed by atoms with E-state index in [1.807, 2.05) is 30.3 Å². The molecule has 6 nitrogen and oxygen atoms in total. The van der Waals surface area contributed by atoms with Crippen LogP contribution in [0.1, 0.15) is 28.0 Å². The highest BCUT2D eigenvalue weighted by Crippen LogP contribution is 2.15. The molecule has 0 saturated carbocycles. The molecule has 2 heterocycles. The molecule has 1 aromatic carbocycles. The van der Waals surface area contributed by atoms with Crippen molar-refractivity contribution in [1.29, 1.82) is 0 Å². The lowest BCUT2D eigenvalue weighted by Gasteiger charge is -2.32. The average Bonchev–Trinajstić information content (AvgIpc) is 2.61. The summed E-state index contributed by atoms with van der Waals surface area (Å²) in [6.07, 6.45) is 0.453. The topological polar surface area (TPSA) is 80.4 Å². The first-order valence-electron chi connectivity index (χ1n) is 8.37. The molecule has 0 spiro atoms. The van der Waals surface area contributed by atoms with Gasteiger partial charge >= 0.3 is 0 Å². The van der Waals surface area contributed by atoms with Gasteiger partial charge in [0.05, 0.1) is 19.3 Å². The van der Waals surface area contributed by atoms with Gasteiger partial charge in [-0.2, -0.15) is 0 Å². The number of aromatic amines is 1. The molecule has 6 heteroatoms. The van der Waals surface area contributed by atoms with Gasteiger partial charge in [-0.25, -0.2) is 0 Å². The van der Waals surface area contributed by atoms with E-state index in [1.54, 1.807) is 13.0 Å². The molecule has 1 saturated heterocycles. The monoisotopic (exact) mass is 342 g/mol. The lowest BCUT2D eigenvalue weighted by molar-refractivity contribution is -0.0736. The molecule has 25 heavy (non-hydrogen) atoms. The SMILES string of the molecule is Cc1cc(C(=O)N[C@@H]2CCOC[C@H]2OCc2ccccc2)cc(=O)[nH]1. The van der Waals surface area contributed by atoms with Crippen molar-refractivity contribution in [3.8, 4) is 0 Å². The number of aryl methyl sites for hydroxylation is 1. The van der Waals surface area contributed by atoms with Crippen molar-refractivity contribution in [1.82, 2.24) is 10.3 Å². The minimum Gasteiger partial charge on any atom is -0.379 e. The van der Waals surface area contributed by atoms with Crippen molar-refractivity contribution >= 4 is 5.91 Å². The summed E-state index contributed by atoms with van der Waals surface area (Å²) in [5.74, 6) is -0.269. The van der Waals surface area contributed by atoms with Crippen LogP contribution in [0.3, 0.4) is 0 Å². The Bertz CT molecular complexity index is 772. The van der Waals surface area contributed by atoms with Gasteiger partial charge in [0.1, 0.15) is 6.10 Å². The number of rotatable bonds is 5. The summed E-state index contributed by atoms with van der Waals surface area (Å²) in [7, 11) is 0. The largest absolute Gasteiger partial charge is 0.379 e. The number of aromatic nitrogens is 1. The molecule has 1 fully saturated rings. The lowest BCUT2D eigenvalue weighted by Crippen LogP contribution is -2.50. The molecule has 1 aromatic heterocycles. The van der Waals surface area contributed by atoms with Gasteiger partial charge in [0.2, 0.25) is 5.56 Å². The van der Waals surface area contributed by atoms with Crippen LogP contribution < -0.4 is 10.9 Å². The number of H-pyrrole nitrogens is 1. The number of ether oxygens (including phenoxy) is 2. The van der Waals surface area contributed by atoms with Crippen molar-refractivity contribution in [3.05, 3.63) is 69.6 Å². The van der Waals surface area contributed by atoms with Crippen molar-refractivity contribution in [2.24, 2.45) is 0 Å². The Labute approximate surface area is 146 Å². The first kappa shape index (κ1) is 17.4. The predicted molar refractivity (Wildman–Crippen MR) is 93.5 cm³/mol. The lowest BCUT2D eigenvalue weighted by atomic mass is 10.0. The molecule has 2 atom stereocenters. The molecule has 0 unspecified atom stereocenters. The zero-order valence-electron chi connectivity index (χ0n) is 14.2. The highest BCUT2D eigenvalue weighted by molar-refractivity contribution is 5.94. The molecule has 3 rings (SSSR count). The number of hydrogen-bond donors (Lipinski definition) is 2. The fraction of sp³-hybridized carbons (Fsp3) is 0.368. The van der Waals surface area contributed by atoms with Gasteiger partial charge in [-0.3, -0.25) is 9.59 Å². The van der Waals surface area contributed by atoms with Crippen molar-refractivity contribution in [2.45, 2.75) is 32.1 Å². The molecule has 0 aliphatic carbocycles. The molecular formula is C19H22N2O4. The Balaban J connectivity index is 1.64. The first-order valence-corrected chi connectivity index (χ1v) is 8.37. The predicted octanol–water partition coefficient (Wildman–Crippen LogP) is 1.79. The third-order valence-corrected chi connectivity index (χ3v) is 4.17. The zero-order valence-corrected chi connectivity index (χ0v) is 14.2. The van der Waals surface area contributed by atoms with Crippen molar-refractivity contribution in [3.63, 3.8) is 0 Å². The van der Waals surface area contributed by atoms with Gasteiger partial charge in [-0.1, -0.05) is 30.3 Å². The summed E-state index contributed by atoms with van der Waals surface area (Å²) in [6, 6.07) is 12.7. The van der Waals surface area contributed by atoms with Crippen LogP contribution in [0, 0.1) is 6.92 Å². The molecule has 2 aromatic rings. The Kier molecular flexibility index (Phi) is 5.63. The van der Waals surface area contributed by atoms with Crippen LogP contribution in [-0.2, 0) is 16.1 Å². The summed E-state index contributed by atoms with van der Waals surface area (Å²) >= 11 is 0. The Morgan fingerprint density at radius 1 is 1.32 bits per heavy atom. The van der Waals surface area contributed by atoms with Gasteiger partial charge in [-0.15, -0.1) is 0 Å². The quantitative estimate of drug-likeness (QED) is 0.868. The van der Waals surface area contributed by atoms with Gasteiger partial charge in [0.15, 0.2) is 0 Å². The van der Waals surface area contributed by atoms with E-state index in [4.69, 9.17) is 9.47 Å². The second kappa shape index (κ2) is 8.09. The van der Waals surface area contributed by atoms with Gasteiger partial charge in [-0.05, 0) is 25.0 Å². The Morgan fingerprint density at radius 2 is 2.12 bits per heavy atom. The highest BCUT2D eigenvalue weighted by atomic mass is 16.5. The van der Waals surface area contributed by atoms with Crippen molar-refractivity contribution in [2.75, 3.05) is 13.2 Å². The smallest absolute Gasteiger partial charge is 0.251 e. The molecule has 1 aliphatic rings. The number of benzene rings is 1. The van der Waals surface area contributed by atoms with E-state index in [-0.39, 0.29) is 23.6 Å². The maximum Gasteiger partial charge on any atom is 0.251 e. The minimum absolute atomic E-state index is 0.149. The van der Waals surface area contributed by atoms with E-state index in [0.29, 0.717) is 37.5 Å². The number of pyridine rings is 1. The summed E-state index contributed by atoms with van der Waals surface area (Å²) in [4.78, 5) is 26.7. The van der Waals surface area contributed by atoms with Crippen LogP contribution in [0.15, 0.2) is 47.3 Å². The average molecular weight is 342 g/mol. The fourth-order valence-corrected chi connectivity index (χ4v) is 2.88. The maximum absolute atomic E-state index is 12.5. The molecule has 0 radical (unpaired) electrons. The first-order chi connectivity index (χ1) is 12.1. The molecule has 1 amide bonds. The van der Waals surface area contributed by atoms with E-state index in [2.05, 4.69) is 10.3 Å². The maximum atomic E-state index is 12.5.